The summed E-state index contributed by atoms with van der Waals surface area (Å²) in [5, 5.41) is 3.67. The minimum absolute atomic E-state index is 0.0461. The Morgan fingerprint density at radius 1 is 1.19 bits per heavy atom. The van der Waals surface area contributed by atoms with Gasteiger partial charge in [-0.1, -0.05) is 39.7 Å². The van der Waals surface area contributed by atoms with Crippen LogP contribution in [0.5, 0.6) is 0 Å². The summed E-state index contributed by atoms with van der Waals surface area (Å²) in [5.74, 6) is 0.885. The molecule has 21 heavy (non-hydrogen) atoms. The van der Waals surface area contributed by atoms with Gasteiger partial charge in [-0.15, -0.1) is 11.8 Å². The van der Waals surface area contributed by atoms with Gasteiger partial charge in [-0.2, -0.15) is 0 Å². The molecule has 5 heteroatoms. The Bertz CT molecular complexity index is 603. The Balaban J connectivity index is 1.68. The van der Waals surface area contributed by atoms with Gasteiger partial charge in [-0.25, -0.2) is 0 Å². The summed E-state index contributed by atoms with van der Waals surface area (Å²) in [4.78, 5) is 13.0. The van der Waals surface area contributed by atoms with Crippen molar-refractivity contribution in [2.75, 3.05) is 12.3 Å². The highest BCUT2D eigenvalue weighted by atomic mass is 79.9. The van der Waals surface area contributed by atoms with Crippen LogP contribution < -0.4 is 5.32 Å². The van der Waals surface area contributed by atoms with Gasteiger partial charge in [0.1, 0.15) is 0 Å². The van der Waals surface area contributed by atoms with E-state index in [4.69, 9.17) is 11.6 Å². The fourth-order valence-electron chi connectivity index (χ4n) is 1.78. The second kappa shape index (κ2) is 8.47. The summed E-state index contributed by atoms with van der Waals surface area (Å²) in [6, 6.07) is 15.5. The molecule has 0 aromatic heterocycles. The molecule has 1 N–H and O–H groups in total. The van der Waals surface area contributed by atoms with Crippen LogP contribution in [0.2, 0.25) is 5.02 Å². The average Bonchev–Trinajstić information content (AvgIpc) is 2.45. The second-order valence-electron chi connectivity index (χ2n) is 4.46. The Kier molecular flexibility index (Phi) is 6.61. The zero-order valence-corrected chi connectivity index (χ0v) is 14.5. The molecule has 0 saturated heterocycles. The quantitative estimate of drug-likeness (QED) is 0.584. The molecule has 2 aromatic rings. The molecule has 0 bridgehead atoms. The van der Waals surface area contributed by atoms with E-state index in [1.165, 1.54) is 0 Å². The van der Waals surface area contributed by atoms with Gasteiger partial charge in [-0.05, 0) is 42.0 Å². The third-order valence-corrected chi connectivity index (χ3v) is 4.52. The molecule has 0 saturated carbocycles. The van der Waals surface area contributed by atoms with Crippen LogP contribution in [-0.2, 0) is 11.2 Å². The number of carbonyl (C=O) groups is 1. The van der Waals surface area contributed by atoms with Gasteiger partial charge in [0.2, 0.25) is 5.91 Å². The number of amides is 1. The number of thioether (sulfide) groups is 1. The largest absolute Gasteiger partial charge is 0.355 e. The molecule has 0 radical (unpaired) electrons. The lowest BCUT2D eigenvalue weighted by Crippen LogP contribution is -2.27. The first-order valence-corrected chi connectivity index (χ1v) is 8.68. The monoisotopic (exact) mass is 383 g/mol. The third kappa shape index (κ3) is 6.12. The molecule has 0 aliphatic carbocycles. The van der Waals surface area contributed by atoms with E-state index in [-0.39, 0.29) is 5.91 Å². The molecule has 1 amide bonds. The minimum atomic E-state index is 0.0461. The van der Waals surface area contributed by atoms with Crippen LogP contribution >= 0.6 is 39.3 Å². The normalized spacial score (nSPS) is 10.4. The summed E-state index contributed by atoms with van der Waals surface area (Å²) < 4.78 is 0.992. The molecule has 0 aliphatic heterocycles. The number of hydrogen-bond acceptors (Lipinski definition) is 2. The molecule has 2 nitrogen and oxygen atoms in total. The Labute approximate surface area is 142 Å². The maximum atomic E-state index is 11.8. The number of carbonyl (C=O) groups excluding carboxylic acids is 1. The highest BCUT2D eigenvalue weighted by Gasteiger charge is 2.03. The summed E-state index contributed by atoms with van der Waals surface area (Å²) in [6.07, 6.45) is 0.408. The molecule has 110 valence electrons. The van der Waals surface area contributed by atoms with Crippen molar-refractivity contribution in [2.24, 2.45) is 0 Å². The van der Waals surface area contributed by atoms with E-state index in [0.29, 0.717) is 13.0 Å². The number of benzene rings is 2. The molecule has 0 aliphatic rings. The van der Waals surface area contributed by atoms with E-state index < -0.39 is 0 Å². The average molecular weight is 385 g/mol. The van der Waals surface area contributed by atoms with Gasteiger partial charge in [0.15, 0.2) is 0 Å². The highest BCUT2D eigenvalue weighted by Crippen LogP contribution is 2.19. The maximum absolute atomic E-state index is 11.8. The SMILES string of the molecule is O=C(Cc1cccc(Br)c1)NCCSc1ccc(Cl)cc1. The van der Waals surface area contributed by atoms with E-state index in [1.54, 1.807) is 11.8 Å². The van der Waals surface area contributed by atoms with E-state index >= 15 is 0 Å². The first kappa shape index (κ1) is 16.4. The number of hydrogen-bond donors (Lipinski definition) is 1. The number of rotatable bonds is 6. The fourth-order valence-corrected chi connectivity index (χ4v) is 3.13. The summed E-state index contributed by atoms with van der Waals surface area (Å²) in [5.41, 5.74) is 1.01. The Morgan fingerprint density at radius 2 is 1.95 bits per heavy atom. The van der Waals surface area contributed by atoms with Crippen molar-refractivity contribution in [1.82, 2.24) is 5.32 Å². The first-order valence-electron chi connectivity index (χ1n) is 6.53. The lowest BCUT2D eigenvalue weighted by atomic mass is 10.1. The molecule has 0 fully saturated rings. The molecular formula is C16H15BrClNOS. The summed E-state index contributed by atoms with van der Waals surface area (Å²) in [6.45, 7) is 0.653. The van der Waals surface area contributed by atoms with Crippen molar-refractivity contribution in [3.63, 3.8) is 0 Å². The molecular weight excluding hydrogens is 370 g/mol. The van der Waals surface area contributed by atoms with Crippen molar-refractivity contribution in [1.29, 1.82) is 0 Å². The van der Waals surface area contributed by atoms with Crippen molar-refractivity contribution >= 4 is 45.2 Å². The number of nitrogens with one attached hydrogen (secondary N) is 1. The molecule has 2 aromatic carbocycles. The van der Waals surface area contributed by atoms with Crippen LogP contribution in [0.1, 0.15) is 5.56 Å². The predicted octanol–water partition coefficient (Wildman–Crippen LogP) is 4.55. The van der Waals surface area contributed by atoms with Crippen molar-refractivity contribution in [3.05, 3.63) is 63.6 Å². The molecule has 0 spiro atoms. The lowest BCUT2D eigenvalue weighted by molar-refractivity contribution is -0.120. The van der Waals surface area contributed by atoms with Crippen molar-refractivity contribution in [3.8, 4) is 0 Å². The van der Waals surface area contributed by atoms with Crippen molar-refractivity contribution < 1.29 is 4.79 Å². The summed E-state index contributed by atoms with van der Waals surface area (Å²) >= 11 is 10.9. The first-order chi connectivity index (χ1) is 10.1. The topological polar surface area (TPSA) is 29.1 Å². The predicted molar refractivity (Wildman–Crippen MR) is 93.0 cm³/mol. The maximum Gasteiger partial charge on any atom is 0.224 e. The fraction of sp³-hybridized carbons (Fsp3) is 0.188. The van der Waals surface area contributed by atoms with E-state index in [2.05, 4.69) is 21.2 Å². The molecule has 2 rings (SSSR count). The smallest absolute Gasteiger partial charge is 0.224 e. The van der Waals surface area contributed by atoms with Crippen molar-refractivity contribution in [2.45, 2.75) is 11.3 Å². The van der Waals surface area contributed by atoms with Gasteiger partial charge in [0.05, 0.1) is 6.42 Å². The van der Waals surface area contributed by atoms with Gasteiger partial charge in [0.25, 0.3) is 0 Å². The summed E-state index contributed by atoms with van der Waals surface area (Å²) in [7, 11) is 0. The highest BCUT2D eigenvalue weighted by molar-refractivity contribution is 9.10. The third-order valence-electron chi connectivity index (χ3n) is 2.76. The molecule has 0 heterocycles. The lowest BCUT2D eigenvalue weighted by Gasteiger charge is -2.06. The minimum Gasteiger partial charge on any atom is -0.355 e. The Hall–Kier alpha value is -0.970. The van der Waals surface area contributed by atoms with Crippen LogP contribution in [0.4, 0.5) is 0 Å². The standard InChI is InChI=1S/C16H15BrClNOS/c17-13-3-1-2-12(10-13)11-16(20)19-8-9-21-15-6-4-14(18)5-7-15/h1-7,10H,8-9,11H2,(H,19,20). The van der Waals surface area contributed by atoms with Crippen LogP contribution in [0.15, 0.2) is 57.9 Å². The van der Waals surface area contributed by atoms with Crippen LogP contribution in [0.3, 0.4) is 0 Å². The molecule has 0 unspecified atom stereocenters. The van der Waals surface area contributed by atoms with Gasteiger partial charge < -0.3 is 5.32 Å². The van der Waals surface area contributed by atoms with Gasteiger partial charge in [0, 0.05) is 26.7 Å². The van der Waals surface area contributed by atoms with E-state index in [1.807, 2.05) is 48.5 Å². The number of halogens is 2. The van der Waals surface area contributed by atoms with E-state index in [0.717, 1.165) is 25.7 Å². The zero-order chi connectivity index (χ0) is 15.1. The molecule has 0 atom stereocenters. The zero-order valence-electron chi connectivity index (χ0n) is 11.3. The van der Waals surface area contributed by atoms with Gasteiger partial charge >= 0.3 is 0 Å². The van der Waals surface area contributed by atoms with Crippen LogP contribution in [0.25, 0.3) is 0 Å². The Morgan fingerprint density at radius 3 is 2.67 bits per heavy atom. The van der Waals surface area contributed by atoms with Gasteiger partial charge in [-0.3, -0.25) is 4.79 Å². The van der Waals surface area contributed by atoms with Crippen LogP contribution in [0, 0.1) is 0 Å². The van der Waals surface area contributed by atoms with E-state index in [9.17, 15) is 4.79 Å². The second-order valence-corrected chi connectivity index (χ2v) is 6.98. The van der Waals surface area contributed by atoms with Crippen LogP contribution in [-0.4, -0.2) is 18.2 Å².